The van der Waals surface area contributed by atoms with Crippen LogP contribution >= 0.6 is 0 Å². The lowest BCUT2D eigenvalue weighted by atomic mass is 10.2. The second-order valence-electron chi connectivity index (χ2n) is 2.43. The predicted molar refractivity (Wildman–Crippen MR) is 36.0 cm³/mol. The highest BCUT2D eigenvalue weighted by molar-refractivity contribution is 4.79. The molecule has 1 nitrogen and oxygen atoms in total. The Morgan fingerprint density at radius 1 is 1.50 bits per heavy atom. The summed E-state index contributed by atoms with van der Waals surface area (Å²) in [4.78, 5) is 0. The molecular formula is C7H12F2O. The van der Waals surface area contributed by atoms with E-state index in [1.807, 2.05) is 13.8 Å². The smallest absolute Gasteiger partial charge is 0.268 e. The summed E-state index contributed by atoms with van der Waals surface area (Å²) in [6, 6.07) is 0. The topological polar surface area (TPSA) is 9.23 Å². The molecule has 0 radical (unpaired) electrons. The van der Waals surface area contributed by atoms with Gasteiger partial charge in [0.1, 0.15) is 0 Å². The van der Waals surface area contributed by atoms with Gasteiger partial charge in [-0.05, 0) is 5.92 Å². The second kappa shape index (κ2) is 5.35. The minimum Gasteiger partial charge on any atom is -0.377 e. The molecule has 0 aromatic rings. The summed E-state index contributed by atoms with van der Waals surface area (Å²) >= 11 is 0. The first-order chi connectivity index (χ1) is 4.63. The maximum absolute atomic E-state index is 11.3. The molecule has 0 aromatic heterocycles. The van der Waals surface area contributed by atoms with Crippen molar-refractivity contribution in [2.45, 2.75) is 13.8 Å². The van der Waals surface area contributed by atoms with Gasteiger partial charge in [-0.15, -0.1) is 0 Å². The van der Waals surface area contributed by atoms with Gasteiger partial charge < -0.3 is 4.74 Å². The van der Waals surface area contributed by atoms with Gasteiger partial charge in [0, 0.05) is 12.7 Å². The van der Waals surface area contributed by atoms with Gasteiger partial charge in [-0.25, -0.2) is 0 Å². The van der Waals surface area contributed by atoms with Crippen LogP contribution in [-0.2, 0) is 4.74 Å². The van der Waals surface area contributed by atoms with E-state index in [9.17, 15) is 8.78 Å². The highest BCUT2D eigenvalue weighted by atomic mass is 19.3. The molecule has 0 spiro atoms. The first-order valence-electron chi connectivity index (χ1n) is 3.22. The van der Waals surface area contributed by atoms with Crippen molar-refractivity contribution in [3.8, 4) is 0 Å². The molecule has 3 heteroatoms. The summed E-state index contributed by atoms with van der Waals surface area (Å²) < 4.78 is 27.5. The first kappa shape index (κ1) is 9.56. The fourth-order valence-corrected chi connectivity index (χ4v) is 0.426. The van der Waals surface area contributed by atoms with Crippen molar-refractivity contribution in [3.05, 3.63) is 12.2 Å². The van der Waals surface area contributed by atoms with Crippen molar-refractivity contribution < 1.29 is 13.5 Å². The quantitative estimate of drug-likeness (QED) is 0.559. The highest BCUT2D eigenvalue weighted by Crippen LogP contribution is 1.97. The molecule has 0 unspecified atom stereocenters. The van der Waals surface area contributed by atoms with Crippen LogP contribution < -0.4 is 0 Å². The van der Waals surface area contributed by atoms with Crippen molar-refractivity contribution in [2.75, 3.05) is 13.2 Å². The number of ether oxygens (including phenoxy) is 1. The largest absolute Gasteiger partial charge is 0.377 e. The lowest BCUT2D eigenvalue weighted by Crippen LogP contribution is -2.01. The Bertz CT molecular complexity index is 106. The summed E-state index contributed by atoms with van der Waals surface area (Å²) in [5, 5.41) is 0. The standard InChI is InChI=1S/C7H12F2O/c1-6(2)5-10-4-3-7(8)9/h3,6H,4-5H2,1-2H3. The van der Waals surface area contributed by atoms with Crippen LogP contribution in [0.25, 0.3) is 0 Å². The van der Waals surface area contributed by atoms with E-state index in [-0.39, 0.29) is 6.61 Å². The molecule has 0 saturated carbocycles. The molecule has 0 atom stereocenters. The monoisotopic (exact) mass is 150 g/mol. The van der Waals surface area contributed by atoms with Crippen LogP contribution in [0.2, 0.25) is 0 Å². The lowest BCUT2D eigenvalue weighted by Gasteiger charge is -2.02. The van der Waals surface area contributed by atoms with Crippen LogP contribution in [0.5, 0.6) is 0 Å². The van der Waals surface area contributed by atoms with E-state index < -0.39 is 6.08 Å². The normalized spacial score (nSPS) is 10.1. The summed E-state index contributed by atoms with van der Waals surface area (Å²) in [7, 11) is 0. The van der Waals surface area contributed by atoms with Gasteiger partial charge >= 0.3 is 0 Å². The van der Waals surface area contributed by atoms with Crippen LogP contribution in [-0.4, -0.2) is 13.2 Å². The van der Waals surface area contributed by atoms with Gasteiger partial charge in [-0.3, -0.25) is 0 Å². The summed E-state index contributed by atoms with van der Waals surface area (Å²) in [5.74, 6) is 0.399. The summed E-state index contributed by atoms with van der Waals surface area (Å²) in [6.07, 6.45) is -0.911. The highest BCUT2D eigenvalue weighted by Gasteiger charge is 1.92. The average molecular weight is 150 g/mol. The Labute approximate surface area is 59.7 Å². The Morgan fingerprint density at radius 2 is 2.10 bits per heavy atom. The van der Waals surface area contributed by atoms with Crippen LogP contribution in [0.3, 0.4) is 0 Å². The van der Waals surface area contributed by atoms with Gasteiger partial charge in [0.2, 0.25) is 0 Å². The zero-order valence-corrected chi connectivity index (χ0v) is 6.23. The predicted octanol–water partition coefficient (Wildman–Crippen LogP) is 2.44. The zero-order valence-electron chi connectivity index (χ0n) is 6.23. The Hall–Kier alpha value is -0.440. The molecule has 0 aromatic carbocycles. The van der Waals surface area contributed by atoms with Crippen molar-refractivity contribution in [3.63, 3.8) is 0 Å². The Kier molecular flexibility index (Phi) is 5.12. The van der Waals surface area contributed by atoms with Crippen molar-refractivity contribution >= 4 is 0 Å². The maximum Gasteiger partial charge on any atom is 0.268 e. The Balaban J connectivity index is 3.13. The fraction of sp³-hybridized carbons (Fsp3) is 0.714. The summed E-state index contributed by atoms with van der Waals surface area (Å²) in [6.45, 7) is 4.48. The number of hydrogen-bond donors (Lipinski definition) is 0. The van der Waals surface area contributed by atoms with Crippen LogP contribution in [0, 0.1) is 5.92 Å². The third-order valence-corrected chi connectivity index (χ3v) is 0.807. The second-order valence-corrected chi connectivity index (χ2v) is 2.43. The van der Waals surface area contributed by atoms with Crippen molar-refractivity contribution in [1.82, 2.24) is 0 Å². The minimum absolute atomic E-state index is 0.0144. The molecule has 0 aliphatic rings. The van der Waals surface area contributed by atoms with E-state index in [2.05, 4.69) is 0 Å². The molecule has 0 saturated heterocycles. The van der Waals surface area contributed by atoms with E-state index in [4.69, 9.17) is 4.74 Å². The fourth-order valence-electron chi connectivity index (χ4n) is 0.426. The number of rotatable bonds is 4. The summed E-state index contributed by atoms with van der Waals surface area (Å²) in [5.41, 5.74) is 0. The molecule has 0 fully saturated rings. The molecule has 60 valence electrons. The van der Waals surface area contributed by atoms with Crippen LogP contribution in [0.15, 0.2) is 12.2 Å². The van der Waals surface area contributed by atoms with E-state index in [0.29, 0.717) is 12.5 Å². The molecule has 0 bridgehead atoms. The zero-order chi connectivity index (χ0) is 7.98. The molecule has 10 heavy (non-hydrogen) atoms. The van der Waals surface area contributed by atoms with E-state index in [0.717, 1.165) is 6.08 Å². The minimum atomic E-state index is -1.68. The molecule has 0 N–H and O–H groups in total. The van der Waals surface area contributed by atoms with Crippen molar-refractivity contribution in [2.24, 2.45) is 5.92 Å². The lowest BCUT2D eigenvalue weighted by molar-refractivity contribution is 0.132. The first-order valence-corrected chi connectivity index (χ1v) is 3.22. The van der Waals surface area contributed by atoms with E-state index >= 15 is 0 Å². The molecule has 0 aliphatic heterocycles. The van der Waals surface area contributed by atoms with Gasteiger partial charge in [0.15, 0.2) is 0 Å². The average Bonchev–Trinajstić information content (AvgIpc) is 1.79. The van der Waals surface area contributed by atoms with E-state index in [1.165, 1.54) is 0 Å². The van der Waals surface area contributed by atoms with Gasteiger partial charge in [-0.1, -0.05) is 13.8 Å². The van der Waals surface area contributed by atoms with Crippen molar-refractivity contribution in [1.29, 1.82) is 0 Å². The van der Waals surface area contributed by atoms with Gasteiger partial charge in [0.05, 0.1) is 6.61 Å². The third-order valence-electron chi connectivity index (χ3n) is 0.807. The molecular weight excluding hydrogens is 138 g/mol. The molecule has 0 heterocycles. The SMILES string of the molecule is CC(C)COCC=C(F)F. The number of hydrogen-bond acceptors (Lipinski definition) is 1. The number of halogens is 2. The molecule has 0 amide bonds. The van der Waals surface area contributed by atoms with Crippen LogP contribution in [0.4, 0.5) is 8.78 Å². The maximum atomic E-state index is 11.3. The molecule has 0 aliphatic carbocycles. The van der Waals surface area contributed by atoms with Gasteiger partial charge in [0.25, 0.3) is 6.08 Å². The van der Waals surface area contributed by atoms with Gasteiger partial charge in [-0.2, -0.15) is 8.78 Å². The molecule has 0 rings (SSSR count). The van der Waals surface area contributed by atoms with Crippen LogP contribution in [0.1, 0.15) is 13.8 Å². The van der Waals surface area contributed by atoms with E-state index in [1.54, 1.807) is 0 Å². The Morgan fingerprint density at radius 3 is 2.50 bits per heavy atom. The third kappa shape index (κ3) is 7.56.